The monoisotopic (exact) mass is 293 g/mol. The van der Waals surface area contributed by atoms with Crippen molar-refractivity contribution in [1.82, 2.24) is 4.90 Å². The van der Waals surface area contributed by atoms with E-state index < -0.39 is 5.54 Å². The Morgan fingerprint density at radius 2 is 1.77 bits per heavy atom. The summed E-state index contributed by atoms with van der Waals surface area (Å²) in [6.07, 6.45) is 0. The quantitative estimate of drug-likeness (QED) is 0.924. The van der Waals surface area contributed by atoms with Crippen LogP contribution in [0.25, 0.3) is 11.1 Å². The summed E-state index contributed by atoms with van der Waals surface area (Å²) in [6, 6.07) is 18.5. The molecule has 0 spiro atoms. The van der Waals surface area contributed by atoms with E-state index in [1.807, 2.05) is 37.3 Å². The van der Waals surface area contributed by atoms with Gasteiger partial charge in [0.25, 0.3) is 5.91 Å². The maximum absolute atomic E-state index is 11.8. The first-order valence-electron chi connectivity index (χ1n) is 7.26. The highest BCUT2D eigenvalue weighted by Gasteiger charge is 2.35. The van der Waals surface area contributed by atoms with Gasteiger partial charge in [-0.2, -0.15) is 0 Å². The lowest BCUT2D eigenvalue weighted by Gasteiger charge is -2.35. The summed E-state index contributed by atoms with van der Waals surface area (Å²) in [6.45, 7) is 2.53. The third-order valence-corrected chi connectivity index (χ3v) is 4.07. The van der Waals surface area contributed by atoms with Crippen LogP contribution < -0.4 is 5.73 Å². The molecule has 0 bridgehead atoms. The molecule has 2 aromatic carbocycles. The first-order valence-corrected chi connectivity index (χ1v) is 7.26. The smallest absolute Gasteiger partial charge is 0.288 e. The van der Waals surface area contributed by atoms with Gasteiger partial charge in [-0.3, -0.25) is 9.79 Å². The Labute approximate surface area is 130 Å². The average Bonchev–Trinajstić information content (AvgIpc) is 2.53. The lowest BCUT2D eigenvalue weighted by Crippen LogP contribution is -2.50. The third-order valence-electron chi connectivity index (χ3n) is 4.07. The normalized spacial score (nSPS) is 21.6. The molecule has 2 N–H and O–H groups in total. The molecule has 22 heavy (non-hydrogen) atoms. The molecule has 112 valence electrons. The first kappa shape index (κ1) is 14.3. The average molecular weight is 293 g/mol. The van der Waals surface area contributed by atoms with E-state index in [0.29, 0.717) is 6.54 Å². The van der Waals surface area contributed by atoms with Crippen LogP contribution in [0.1, 0.15) is 12.5 Å². The number of rotatable bonds is 2. The van der Waals surface area contributed by atoms with Crippen molar-refractivity contribution in [3.05, 3.63) is 60.2 Å². The number of carbonyl (C=O) groups is 1. The fraction of sp³-hybridized carbons (Fsp3) is 0.222. The van der Waals surface area contributed by atoms with Crippen LogP contribution in [-0.4, -0.2) is 30.2 Å². The van der Waals surface area contributed by atoms with E-state index in [2.05, 4.69) is 29.3 Å². The first-order chi connectivity index (χ1) is 10.5. The van der Waals surface area contributed by atoms with Gasteiger partial charge in [0.2, 0.25) is 0 Å². The zero-order chi connectivity index (χ0) is 15.7. The Kier molecular flexibility index (Phi) is 3.45. The van der Waals surface area contributed by atoms with Crippen molar-refractivity contribution >= 4 is 11.7 Å². The van der Waals surface area contributed by atoms with Gasteiger partial charge in [-0.15, -0.1) is 0 Å². The largest absolute Gasteiger partial charge is 0.379 e. The number of benzene rings is 2. The van der Waals surface area contributed by atoms with Crippen LogP contribution >= 0.6 is 0 Å². The number of amides is 1. The van der Waals surface area contributed by atoms with Crippen molar-refractivity contribution in [3.63, 3.8) is 0 Å². The summed E-state index contributed by atoms with van der Waals surface area (Å²) < 4.78 is 0. The summed E-state index contributed by atoms with van der Waals surface area (Å²) in [5.41, 5.74) is 8.61. The Hall–Kier alpha value is -2.62. The Bertz CT molecular complexity index is 739. The molecule has 1 aliphatic heterocycles. The van der Waals surface area contributed by atoms with Gasteiger partial charge in [-0.1, -0.05) is 48.5 Å². The molecule has 1 unspecified atom stereocenters. The fourth-order valence-corrected chi connectivity index (χ4v) is 2.90. The van der Waals surface area contributed by atoms with Crippen LogP contribution in [0.4, 0.5) is 0 Å². The molecule has 1 aliphatic rings. The van der Waals surface area contributed by atoms with Crippen molar-refractivity contribution in [3.8, 4) is 11.1 Å². The number of aliphatic imine (C=N–C) groups is 1. The predicted octanol–water partition coefficient (Wildman–Crippen LogP) is 2.40. The second-order valence-corrected chi connectivity index (χ2v) is 5.88. The van der Waals surface area contributed by atoms with Gasteiger partial charge in [-0.25, -0.2) is 0 Å². The molecule has 1 heterocycles. The highest BCUT2D eigenvalue weighted by atomic mass is 16.2. The lowest BCUT2D eigenvalue weighted by molar-refractivity contribution is -0.124. The van der Waals surface area contributed by atoms with E-state index in [4.69, 9.17) is 5.73 Å². The highest BCUT2D eigenvalue weighted by Crippen LogP contribution is 2.32. The van der Waals surface area contributed by atoms with Crippen LogP contribution in [0.5, 0.6) is 0 Å². The van der Waals surface area contributed by atoms with Crippen LogP contribution in [0.2, 0.25) is 0 Å². The molecule has 2 aromatic rings. The van der Waals surface area contributed by atoms with Gasteiger partial charge < -0.3 is 10.6 Å². The summed E-state index contributed by atoms with van der Waals surface area (Å²) >= 11 is 0. The second-order valence-electron chi connectivity index (χ2n) is 5.88. The van der Waals surface area contributed by atoms with Crippen molar-refractivity contribution in [2.24, 2.45) is 10.7 Å². The minimum absolute atomic E-state index is 0.0707. The molecule has 4 nitrogen and oxygen atoms in total. The summed E-state index contributed by atoms with van der Waals surface area (Å²) in [5.74, 6) is -0.141. The van der Waals surface area contributed by atoms with Crippen LogP contribution in [-0.2, 0) is 10.3 Å². The predicted molar refractivity (Wildman–Crippen MR) is 88.5 cm³/mol. The van der Waals surface area contributed by atoms with Gasteiger partial charge in [-0.05, 0) is 29.7 Å². The molecular formula is C18H19N3O. The van der Waals surface area contributed by atoms with Crippen molar-refractivity contribution in [1.29, 1.82) is 0 Å². The fourth-order valence-electron chi connectivity index (χ4n) is 2.90. The van der Waals surface area contributed by atoms with E-state index >= 15 is 0 Å². The minimum atomic E-state index is -0.516. The minimum Gasteiger partial charge on any atom is -0.379 e. The Balaban J connectivity index is 2.04. The van der Waals surface area contributed by atoms with Crippen LogP contribution in [0.3, 0.4) is 0 Å². The lowest BCUT2D eigenvalue weighted by atomic mass is 9.88. The SMILES string of the molecule is CN1CC(C)(c2cccc(-c3ccccc3)c2)N=C(N)C1=O. The van der Waals surface area contributed by atoms with E-state index in [-0.39, 0.29) is 11.7 Å². The number of hydrogen-bond donors (Lipinski definition) is 1. The number of hydrogen-bond acceptors (Lipinski definition) is 3. The van der Waals surface area contributed by atoms with Gasteiger partial charge in [0, 0.05) is 13.6 Å². The Morgan fingerprint density at radius 1 is 1.09 bits per heavy atom. The molecule has 0 aromatic heterocycles. The topological polar surface area (TPSA) is 58.7 Å². The van der Waals surface area contributed by atoms with Gasteiger partial charge in [0.05, 0.1) is 0 Å². The summed E-state index contributed by atoms with van der Waals surface area (Å²) in [7, 11) is 1.75. The summed E-state index contributed by atoms with van der Waals surface area (Å²) in [5, 5.41) is 0. The number of carbonyl (C=O) groups excluding carboxylic acids is 1. The summed E-state index contributed by atoms with van der Waals surface area (Å²) in [4.78, 5) is 17.9. The number of nitrogens with two attached hydrogens (primary N) is 1. The van der Waals surface area contributed by atoms with Gasteiger partial charge in [0.15, 0.2) is 5.84 Å². The number of nitrogens with zero attached hydrogens (tertiary/aromatic N) is 2. The van der Waals surface area contributed by atoms with Gasteiger partial charge >= 0.3 is 0 Å². The highest BCUT2D eigenvalue weighted by molar-refractivity contribution is 6.37. The number of likely N-dealkylation sites (N-methyl/N-ethyl adjacent to an activating group) is 1. The standard InChI is InChI=1S/C18H19N3O/c1-18(12-21(2)17(22)16(19)20-18)15-10-6-9-14(11-15)13-7-4-3-5-8-13/h3-11H,12H2,1-2H3,(H2,19,20). The second kappa shape index (κ2) is 5.30. The van der Waals surface area contributed by atoms with E-state index in [1.165, 1.54) is 0 Å². The maximum atomic E-state index is 11.8. The van der Waals surface area contributed by atoms with Crippen LogP contribution in [0.15, 0.2) is 59.6 Å². The van der Waals surface area contributed by atoms with E-state index in [1.54, 1.807) is 11.9 Å². The van der Waals surface area contributed by atoms with E-state index in [9.17, 15) is 4.79 Å². The van der Waals surface area contributed by atoms with Gasteiger partial charge in [0.1, 0.15) is 5.54 Å². The zero-order valence-electron chi connectivity index (χ0n) is 12.8. The zero-order valence-corrected chi connectivity index (χ0v) is 12.8. The molecular weight excluding hydrogens is 274 g/mol. The van der Waals surface area contributed by atoms with Crippen molar-refractivity contribution < 1.29 is 4.79 Å². The third kappa shape index (κ3) is 2.48. The Morgan fingerprint density at radius 3 is 2.45 bits per heavy atom. The molecule has 0 radical (unpaired) electrons. The molecule has 3 rings (SSSR count). The van der Waals surface area contributed by atoms with E-state index in [0.717, 1.165) is 16.7 Å². The van der Waals surface area contributed by atoms with Crippen molar-refractivity contribution in [2.75, 3.05) is 13.6 Å². The molecule has 0 saturated carbocycles. The molecule has 0 saturated heterocycles. The molecule has 1 atom stereocenters. The number of amidine groups is 1. The molecule has 0 aliphatic carbocycles. The van der Waals surface area contributed by atoms with Crippen molar-refractivity contribution in [2.45, 2.75) is 12.5 Å². The molecule has 4 heteroatoms. The molecule has 1 amide bonds. The molecule has 0 fully saturated rings. The maximum Gasteiger partial charge on any atom is 0.288 e. The van der Waals surface area contributed by atoms with Crippen LogP contribution in [0, 0.1) is 0 Å².